The number of carboxylic acids is 1. The van der Waals surface area contributed by atoms with Gasteiger partial charge < -0.3 is 15.3 Å². The Labute approximate surface area is 189 Å². The first kappa shape index (κ1) is 25.4. The predicted molar refractivity (Wildman–Crippen MR) is 114 cm³/mol. The Bertz CT molecular complexity index is 1160. The van der Waals surface area contributed by atoms with Crippen LogP contribution in [0.15, 0.2) is 29.2 Å². The van der Waals surface area contributed by atoms with E-state index in [1.165, 1.54) is 6.20 Å². The summed E-state index contributed by atoms with van der Waals surface area (Å²) in [6.07, 6.45) is -3.58. The van der Waals surface area contributed by atoms with Gasteiger partial charge in [0.15, 0.2) is 5.65 Å². The van der Waals surface area contributed by atoms with E-state index in [2.05, 4.69) is 20.4 Å². The van der Waals surface area contributed by atoms with Crippen LogP contribution in [-0.4, -0.2) is 62.5 Å². The summed E-state index contributed by atoms with van der Waals surface area (Å²) < 4.78 is 33.3. The summed E-state index contributed by atoms with van der Waals surface area (Å²) in [5, 5.41) is 15.9. The third-order valence-electron chi connectivity index (χ3n) is 4.05. The van der Waals surface area contributed by atoms with Crippen molar-refractivity contribution in [3.8, 4) is 0 Å². The van der Waals surface area contributed by atoms with Crippen LogP contribution in [0.4, 0.5) is 19.1 Å². The van der Waals surface area contributed by atoms with Crippen molar-refractivity contribution in [3.05, 3.63) is 50.4 Å². The summed E-state index contributed by atoms with van der Waals surface area (Å²) in [6, 6.07) is 5.32. The highest BCUT2D eigenvalue weighted by Gasteiger charge is 2.38. The number of aromatic nitrogens is 4. The number of nitrogens with one attached hydrogen (secondary N) is 2. The first-order valence-electron chi connectivity index (χ1n) is 8.88. The maximum atomic E-state index is 12.2. The Morgan fingerprint density at radius 2 is 1.94 bits per heavy atom. The van der Waals surface area contributed by atoms with E-state index in [0.717, 1.165) is 5.56 Å². The van der Waals surface area contributed by atoms with Gasteiger partial charge in [-0.05, 0) is 31.8 Å². The molecule has 2 aromatic heterocycles. The van der Waals surface area contributed by atoms with Crippen molar-refractivity contribution in [1.82, 2.24) is 24.6 Å². The molecular weight excluding hydrogens is 476 g/mol. The number of aryl methyl sites for hydroxylation is 1. The van der Waals surface area contributed by atoms with Crippen LogP contribution >= 0.6 is 23.2 Å². The zero-order valence-corrected chi connectivity index (χ0v) is 18.5. The number of carbonyl (C=O) groups is 1. The molecule has 2 heterocycles. The van der Waals surface area contributed by atoms with Crippen LogP contribution in [0.1, 0.15) is 11.6 Å². The number of hydrogen-bond acceptors (Lipinski definition) is 6. The molecule has 174 valence electrons. The molecule has 1 aromatic carbocycles. The lowest BCUT2D eigenvalue weighted by Crippen LogP contribution is -2.27. The van der Waals surface area contributed by atoms with E-state index < -0.39 is 12.1 Å². The second-order valence-electron chi connectivity index (χ2n) is 6.86. The standard InChI is InChI=1S/C16H18Cl2N6O.C2HF3O2/c1-23(2)8-13(9-4-5-11(17)12(18)6-9)20-16-21-14-10(15(25)22-16)7-19-24(14)3;3-2(4,5)1(6)7/h4-7,13H,8H2,1-3H3,(H2,20,21,22,25);(H,6,7). The highest BCUT2D eigenvalue weighted by molar-refractivity contribution is 6.42. The van der Waals surface area contributed by atoms with Gasteiger partial charge in [-0.3, -0.25) is 14.5 Å². The molecule has 0 aliphatic rings. The van der Waals surface area contributed by atoms with Gasteiger partial charge in [0.25, 0.3) is 5.56 Å². The highest BCUT2D eigenvalue weighted by Crippen LogP contribution is 2.27. The predicted octanol–water partition coefficient (Wildman–Crippen LogP) is 3.31. The number of alkyl halides is 3. The van der Waals surface area contributed by atoms with E-state index >= 15 is 0 Å². The Morgan fingerprint density at radius 1 is 1.31 bits per heavy atom. The molecule has 32 heavy (non-hydrogen) atoms. The van der Waals surface area contributed by atoms with E-state index in [0.29, 0.717) is 33.6 Å². The van der Waals surface area contributed by atoms with E-state index in [9.17, 15) is 18.0 Å². The molecule has 0 spiro atoms. The topological polar surface area (TPSA) is 116 Å². The monoisotopic (exact) mass is 494 g/mol. The van der Waals surface area contributed by atoms with Gasteiger partial charge in [-0.15, -0.1) is 0 Å². The second-order valence-corrected chi connectivity index (χ2v) is 7.67. The van der Waals surface area contributed by atoms with Crippen molar-refractivity contribution >= 4 is 46.2 Å². The average molecular weight is 495 g/mol. The number of rotatable bonds is 5. The van der Waals surface area contributed by atoms with Gasteiger partial charge in [0.2, 0.25) is 5.95 Å². The zero-order valence-electron chi connectivity index (χ0n) is 17.0. The molecule has 0 fully saturated rings. The quantitative estimate of drug-likeness (QED) is 0.498. The molecule has 0 saturated carbocycles. The van der Waals surface area contributed by atoms with Gasteiger partial charge in [-0.1, -0.05) is 29.3 Å². The molecule has 0 bridgehead atoms. The van der Waals surface area contributed by atoms with Gasteiger partial charge in [-0.25, -0.2) is 4.79 Å². The SMILES string of the molecule is CN(C)CC(Nc1nc2c(cnn2C)c(=O)[nH]1)c1ccc(Cl)c(Cl)c1.O=C(O)C(F)(F)F. The highest BCUT2D eigenvalue weighted by atomic mass is 35.5. The summed E-state index contributed by atoms with van der Waals surface area (Å²) in [5.74, 6) is -2.38. The fourth-order valence-corrected chi connectivity index (χ4v) is 2.90. The molecule has 1 unspecified atom stereocenters. The van der Waals surface area contributed by atoms with Crippen molar-refractivity contribution in [1.29, 1.82) is 0 Å². The number of halogens is 5. The van der Waals surface area contributed by atoms with Gasteiger partial charge in [0.1, 0.15) is 5.39 Å². The largest absolute Gasteiger partial charge is 0.490 e. The number of aromatic amines is 1. The molecule has 0 amide bonds. The molecule has 1 atom stereocenters. The molecule has 14 heteroatoms. The van der Waals surface area contributed by atoms with Crippen LogP contribution in [0.5, 0.6) is 0 Å². The van der Waals surface area contributed by atoms with Crippen molar-refractivity contribution in [2.24, 2.45) is 7.05 Å². The first-order chi connectivity index (χ1) is 14.8. The molecule has 3 aromatic rings. The lowest BCUT2D eigenvalue weighted by Gasteiger charge is -2.23. The Balaban J connectivity index is 0.000000451. The Kier molecular flexibility index (Phi) is 8.10. The number of aliphatic carboxylic acids is 1. The minimum absolute atomic E-state index is 0.140. The summed E-state index contributed by atoms with van der Waals surface area (Å²) in [6.45, 7) is 0.672. The Hall–Kier alpha value is -2.83. The van der Waals surface area contributed by atoms with Gasteiger partial charge in [-0.2, -0.15) is 23.3 Å². The molecule has 0 radical (unpaired) electrons. The molecule has 9 nitrogen and oxygen atoms in total. The molecular formula is C18H19Cl2F3N6O3. The molecule has 3 N–H and O–H groups in total. The number of likely N-dealkylation sites (N-methyl/N-ethyl adjacent to an activating group) is 1. The molecule has 0 aliphatic carbocycles. The smallest absolute Gasteiger partial charge is 0.475 e. The van der Waals surface area contributed by atoms with E-state index in [1.54, 1.807) is 17.8 Å². The molecule has 0 saturated heterocycles. The van der Waals surface area contributed by atoms with Crippen molar-refractivity contribution in [3.63, 3.8) is 0 Å². The Morgan fingerprint density at radius 3 is 2.47 bits per heavy atom. The van der Waals surface area contributed by atoms with Crippen molar-refractivity contribution in [2.75, 3.05) is 26.0 Å². The fraction of sp³-hybridized carbons (Fsp3) is 0.333. The number of carboxylic acid groups (broad SMARTS) is 1. The minimum Gasteiger partial charge on any atom is -0.475 e. The van der Waals surface area contributed by atoms with E-state index in [1.807, 2.05) is 31.1 Å². The molecule has 3 rings (SSSR count). The van der Waals surface area contributed by atoms with Gasteiger partial charge in [0.05, 0.1) is 22.3 Å². The van der Waals surface area contributed by atoms with E-state index in [4.69, 9.17) is 33.1 Å². The third kappa shape index (κ3) is 6.58. The van der Waals surface area contributed by atoms with E-state index in [-0.39, 0.29) is 11.6 Å². The fourth-order valence-electron chi connectivity index (χ4n) is 2.59. The number of nitrogens with zero attached hydrogens (tertiary/aromatic N) is 4. The normalized spacial score (nSPS) is 12.4. The minimum atomic E-state index is -5.08. The first-order valence-corrected chi connectivity index (χ1v) is 9.63. The lowest BCUT2D eigenvalue weighted by atomic mass is 10.1. The van der Waals surface area contributed by atoms with Crippen molar-refractivity contribution < 1.29 is 23.1 Å². The van der Waals surface area contributed by atoms with Gasteiger partial charge in [0, 0.05) is 13.6 Å². The lowest BCUT2D eigenvalue weighted by molar-refractivity contribution is -0.192. The summed E-state index contributed by atoms with van der Waals surface area (Å²) in [5.41, 5.74) is 1.22. The van der Waals surface area contributed by atoms with Crippen LogP contribution in [-0.2, 0) is 11.8 Å². The second kappa shape index (κ2) is 10.2. The van der Waals surface area contributed by atoms with Crippen LogP contribution in [0.2, 0.25) is 10.0 Å². The maximum absolute atomic E-state index is 12.2. The van der Waals surface area contributed by atoms with Gasteiger partial charge >= 0.3 is 12.1 Å². The van der Waals surface area contributed by atoms with Crippen LogP contribution in [0.3, 0.4) is 0 Å². The molecule has 0 aliphatic heterocycles. The summed E-state index contributed by atoms with van der Waals surface area (Å²) >= 11 is 12.2. The summed E-state index contributed by atoms with van der Waals surface area (Å²) in [4.78, 5) is 30.4. The summed E-state index contributed by atoms with van der Waals surface area (Å²) in [7, 11) is 5.67. The number of anilines is 1. The van der Waals surface area contributed by atoms with Crippen LogP contribution < -0.4 is 10.9 Å². The number of hydrogen-bond donors (Lipinski definition) is 3. The number of H-pyrrole nitrogens is 1. The maximum Gasteiger partial charge on any atom is 0.490 e. The van der Waals surface area contributed by atoms with Crippen molar-refractivity contribution in [2.45, 2.75) is 12.2 Å². The number of fused-ring (bicyclic) bond motifs is 1. The third-order valence-corrected chi connectivity index (χ3v) is 4.79. The average Bonchev–Trinajstić information content (AvgIpc) is 3.04. The van der Waals surface area contributed by atoms with Crippen LogP contribution in [0, 0.1) is 0 Å². The van der Waals surface area contributed by atoms with Crippen LogP contribution in [0.25, 0.3) is 11.0 Å². The number of benzene rings is 1. The zero-order chi connectivity index (χ0) is 24.2.